The highest BCUT2D eigenvalue weighted by Crippen LogP contribution is 2.31. The van der Waals surface area contributed by atoms with Gasteiger partial charge in [0, 0.05) is 16.8 Å². The van der Waals surface area contributed by atoms with Crippen LogP contribution < -0.4 is 5.56 Å². The van der Waals surface area contributed by atoms with Gasteiger partial charge in [-0.15, -0.1) is 0 Å². The molecule has 0 aliphatic carbocycles. The van der Waals surface area contributed by atoms with Crippen molar-refractivity contribution in [3.63, 3.8) is 0 Å². The van der Waals surface area contributed by atoms with Crippen molar-refractivity contribution < 1.29 is 0 Å². The first-order valence-corrected chi connectivity index (χ1v) is 6.72. The number of nitrogens with one attached hydrogen (secondary N) is 1. The minimum absolute atomic E-state index is 0.125. The zero-order valence-electron chi connectivity index (χ0n) is 10.9. The molecule has 2 rings (SSSR count). The Kier molecular flexibility index (Phi) is 3.97. The average molecular weight is 297 g/mol. The van der Waals surface area contributed by atoms with E-state index < -0.39 is 0 Å². The highest BCUT2D eigenvalue weighted by Gasteiger charge is 2.14. The minimum Gasteiger partial charge on any atom is -0.306 e. The second-order valence-electron chi connectivity index (χ2n) is 4.67. The molecule has 3 nitrogen and oxygen atoms in total. The fraction of sp³-hybridized carbons (Fsp3) is 0.286. The van der Waals surface area contributed by atoms with E-state index >= 15 is 0 Å². The van der Waals surface area contributed by atoms with E-state index in [4.69, 9.17) is 23.2 Å². The molecule has 0 fully saturated rings. The van der Waals surface area contributed by atoms with E-state index in [1.165, 1.54) is 0 Å². The van der Waals surface area contributed by atoms with Gasteiger partial charge in [0.15, 0.2) is 0 Å². The van der Waals surface area contributed by atoms with Crippen LogP contribution in [0.5, 0.6) is 0 Å². The molecule has 2 aromatic rings. The predicted molar refractivity (Wildman–Crippen MR) is 79.1 cm³/mol. The molecular formula is C14H14Cl2N2O. The van der Waals surface area contributed by atoms with Crippen LogP contribution in [0.3, 0.4) is 0 Å². The molecule has 0 saturated carbocycles. The molecular weight excluding hydrogens is 283 g/mol. The Morgan fingerprint density at radius 1 is 1.26 bits per heavy atom. The molecule has 19 heavy (non-hydrogen) atoms. The summed E-state index contributed by atoms with van der Waals surface area (Å²) in [6, 6.07) is 5.25. The summed E-state index contributed by atoms with van der Waals surface area (Å²) in [5.74, 6) is 0.569. The molecule has 1 aromatic heterocycles. The van der Waals surface area contributed by atoms with E-state index in [1.807, 2.05) is 20.8 Å². The number of benzene rings is 1. The lowest BCUT2D eigenvalue weighted by molar-refractivity contribution is 0.815. The molecule has 1 heterocycles. The van der Waals surface area contributed by atoms with Crippen molar-refractivity contribution in [2.45, 2.75) is 26.7 Å². The largest absolute Gasteiger partial charge is 0.306 e. The van der Waals surface area contributed by atoms with Crippen molar-refractivity contribution in [2.24, 2.45) is 0 Å². The SMILES string of the molecule is Cc1nc(-c2cccc(Cl)c2Cl)[nH]c(=O)c1C(C)C. The van der Waals surface area contributed by atoms with Crippen LogP contribution >= 0.6 is 23.2 Å². The molecule has 0 atom stereocenters. The summed E-state index contributed by atoms with van der Waals surface area (Å²) in [6.07, 6.45) is 0. The zero-order chi connectivity index (χ0) is 14.2. The molecule has 0 aliphatic rings. The summed E-state index contributed by atoms with van der Waals surface area (Å²) in [5.41, 5.74) is 1.91. The van der Waals surface area contributed by atoms with Gasteiger partial charge in [0.25, 0.3) is 5.56 Å². The Hall–Kier alpha value is -1.32. The van der Waals surface area contributed by atoms with Gasteiger partial charge in [0.05, 0.1) is 10.0 Å². The maximum Gasteiger partial charge on any atom is 0.254 e. The van der Waals surface area contributed by atoms with Crippen molar-refractivity contribution >= 4 is 23.2 Å². The monoisotopic (exact) mass is 296 g/mol. The summed E-state index contributed by atoms with van der Waals surface area (Å²) >= 11 is 12.1. The van der Waals surface area contributed by atoms with Crippen LogP contribution in [-0.2, 0) is 0 Å². The number of nitrogens with zero attached hydrogens (tertiary/aromatic N) is 1. The first-order valence-electron chi connectivity index (χ1n) is 5.97. The summed E-state index contributed by atoms with van der Waals surface area (Å²) in [5, 5.41) is 0.830. The average Bonchev–Trinajstić information content (AvgIpc) is 2.31. The second-order valence-corrected chi connectivity index (χ2v) is 5.45. The standard InChI is InChI=1S/C14H14Cl2N2O/c1-7(2)11-8(3)17-13(18-14(11)19)9-5-4-6-10(15)12(9)16/h4-7H,1-3H3,(H,17,18,19). The summed E-state index contributed by atoms with van der Waals surface area (Å²) < 4.78 is 0. The van der Waals surface area contributed by atoms with E-state index in [0.29, 0.717) is 32.7 Å². The van der Waals surface area contributed by atoms with Crippen molar-refractivity contribution in [3.8, 4) is 11.4 Å². The van der Waals surface area contributed by atoms with Gasteiger partial charge in [0.2, 0.25) is 0 Å². The fourth-order valence-corrected chi connectivity index (χ4v) is 2.48. The van der Waals surface area contributed by atoms with Gasteiger partial charge >= 0.3 is 0 Å². The van der Waals surface area contributed by atoms with E-state index in [2.05, 4.69) is 9.97 Å². The smallest absolute Gasteiger partial charge is 0.254 e. The van der Waals surface area contributed by atoms with Gasteiger partial charge in [-0.05, 0) is 25.0 Å². The highest BCUT2D eigenvalue weighted by atomic mass is 35.5. The molecule has 1 N–H and O–H groups in total. The summed E-state index contributed by atoms with van der Waals surface area (Å²) in [4.78, 5) is 19.3. The van der Waals surface area contributed by atoms with Gasteiger partial charge in [-0.25, -0.2) is 4.98 Å². The molecule has 0 bridgehead atoms. The molecule has 1 aromatic carbocycles. The normalized spacial score (nSPS) is 11.1. The topological polar surface area (TPSA) is 45.8 Å². The number of hydrogen-bond donors (Lipinski definition) is 1. The molecule has 5 heteroatoms. The molecule has 0 radical (unpaired) electrons. The Balaban J connectivity index is 2.66. The number of hydrogen-bond acceptors (Lipinski definition) is 2. The number of aromatic amines is 1. The number of aryl methyl sites for hydroxylation is 1. The van der Waals surface area contributed by atoms with Gasteiger partial charge in [-0.3, -0.25) is 4.79 Å². The van der Waals surface area contributed by atoms with Crippen LogP contribution in [0, 0.1) is 6.92 Å². The summed E-state index contributed by atoms with van der Waals surface area (Å²) in [7, 11) is 0. The van der Waals surface area contributed by atoms with Gasteiger partial charge in [-0.2, -0.15) is 0 Å². The number of aromatic nitrogens is 2. The second kappa shape index (κ2) is 5.35. The van der Waals surface area contributed by atoms with Gasteiger partial charge in [-0.1, -0.05) is 43.1 Å². The first kappa shape index (κ1) is 14.1. The molecule has 0 saturated heterocycles. The Bertz CT molecular complexity index is 678. The van der Waals surface area contributed by atoms with Gasteiger partial charge in [0.1, 0.15) is 5.82 Å². The third-order valence-corrected chi connectivity index (χ3v) is 3.75. The van der Waals surface area contributed by atoms with Crippen molar-refractivity contribution in [3.05, 3.63) is 49.9 Å². The Morgan fingerprint density at radius 2 is 1.95 bits per heavy atom. The van der Waals surface area contributed by atoms with E-state index in [1.54, 1.807) is 18.2 Å². The number of halogens is 2. The quantitative estimate of drug-likeness (QED) is 0.904. The maximum absolute atomic E-state index is 12.1. The lowest BCUT2D eigenvalue weighted by Crippen LogP contribution is -2.18. The van der Waals surface area contributed by atoms with Crippen molar-refractivity contribution in [1.82, 2.24) is 9.97 Å². The maximum atomic E-state index is 12.1. The lowest BCUT2D eigenvalue weighted by atomic mass is 10.0. The van der Waals surface area contributed by atoms with Crippen LogP contribution in [0.15, 0.2) is 23.0 Å². The zero-order valence-corrected chi connectivity index (χ0v) is 12.4. The van der Waals surface area contributed by atoms with Crippen molar-refractivity contribution in [1.29, 1.82) is 0 Å². The minimum atomic E-state index is -0.131. The van der Waals surface area contributed by atoms with Gasteiger partial charge < -0.3 is 4.98 Å². The third-order valence-electron chi connectivity index (χ3n) is 2.93. The molecule has 0 aliphatic heterocycles. The van der Waals surface area contributed by atoms with E-state index in [0.717, 1.165) is 0 Å². The van der Waals surface area contributed by atoms with Crippen LogP contribution in [0.1, 0.15) is 31.0 Å². The number of rotatable bonds is 2. The molecule has 0 unspecified atom stereocenters. The molecule has 0 spiro atoms. The van der Waals surface area contributed by atoms with Crippen molar-refractivity contribution in [2.75, 3.05) is 0 Å². The van der Waals surface area contributed by atoms with E-state index in [-0.39, 0.29) is 11.5 Å². The van der Waals surface area contributed by atoms with E-state index in [9.17, 15) is 4.79 Å². The van der Waals surface area contributed by atoms with Crippen LogP contribution in [0.4, 0.5) is 0 Å². The highest BCUT2D eigenvalue weighted by molar-refractivity contribution is 6.43. The third kappa shape index (κ3) is 2.67. The Labute approximate surface area is 121 Å². The number of H-pyrrole nitrogens is 1. The van der Waals surface area contributed by atoms with Crippen LogP contribution in [0.25, 0.3) is 11.4 Å². The fourth-order valence-electron chi connectivity index (χ4n) is 2.09. The predicted octanol–water partition coefficient (Wildman–Crippen LogP) is 4.18. The summed E-state index contributed by atoms with van der Waals surface area (Å²) in [6.45, 7) is 5.75. The lowest BCUT2D eigenvalue weighted by Gasteiger charge is -2.11. The first-order chi connectivity index (χ1) is 8.91. The molecule has 0 amide bonds. The Morgan fingerprint density at radius 3 is 2.53 bits per heavy atom. The van der Waals surface area contributed by atoms with Crippen LogP contribution in [-0.4, -0.2) is 9.97 Å². The van der Waals surface area contributed by atoms with Crippen LogP contribution in [0.2, 0.25) is 10.0 Å². The molecule has 100 valence electrons.